The number of rotatable bonds is 3. The van der Waals surface area contributed by atoms with Crippen LogP contribution in [0.2, 0.25) is 0 Å². The topological polar surface area (TPSA) is 38.5 Å². The van der Waals surface area contributed by atoms with Crippen LogP contribution in [-0.4, -0.2) is 42.3 Å². The van der Waals surface area contributed by atoms with Crippen molar-refractivity contribution >= 4 is 0 Å². The van der Waals surface area contributed by atoms with E-state index in [9.17, 15) is 0 Å². The zero-order chi connectivity index (χ0) is 12.6. The van der Waals surface area contributed by atoms with Crippen molar-refractivity contribution in [2.24, 2.45) is 11.7 Å². The minimum absolute atomic E-state index is 0.289. The monoisotopic (exact) mass is 252 g/mol. The third kappa shape index (κ3) is 2.00. The van der Waals surface area contributed by atoms with E-state index in [1.807, 2.05) is 0 Å². The number of nitrogens with zero attached hydrogens (tertiary/aromatic N) is 1. The number of fused-ring (bicyclic) bond motifs is 2. The second kappa shape index (κ2) is 5.10. The van der Waals surface area contributed by atoms with Gasteiger partial charge in [0.2, 0.25) is 0 Å². The van der Waals surface area contributed by atoms with Crippen molar-refractivity contribution in [1.29, 1.82) is 0 Å². The highest BCUT2D eigenvalue weighted by molar-refractivity contribution is 5.03. The smallest absolute Gasteiger partial charge is 0.0707 e. The zero-order valence-corrected chi connectivity index (χ0v) is 11.7. The Kier molecular flexibility index (Phi) is 3.65. The summed E-state index contributed by atoms with van der Waals surface area (Å²) >= 11 is 0. The molecular formula is C15H28N2O. The summed E-state index contributed by atoms with van der Waals surface area (Å²) in [7, 11) is 0. The Bertz CT molecular complexity index is 284. The van der Waals surface area contributed by atoms with Crippen LogP contribution in [0.4, 0.5) is 0 Å². The fourth-order valence-corrected chi connectivity index (χ4v) is 4.67. The molecule has 0 aromatic rings. The van der Waals surface area contributed by atoms with Gasteiger partial charge >= 0.3 is 0 Å². The summed E-state index contributed by atoms with van der Waals surface area (Å²) in [5, 5.41) is 0. The first kappa shape index (κ1) is 12.9. The summed E-state index contributed by atoms with van der Waals surface area (Å²) in [6.45, 7) is 5.44. The lowest BCUT2D eigenvalue weighted by Gasteiger charge is -2.53. The zero-order valence-electron chi connectivity index (χ0n) is 11.7. The van der Waals surface area contributed by atoms with E-state index in [1.165, 1.54) is 44.9 Å². The molecule has 2 N–H and O–H groups in total. The fraction of sp³-hybridized carbons (Fsp3) is 1.00. The van der Waals surface area contributed by atoms with Gasteiger partial charge in [-0.1, -0.05) is 26.2 Å². The predicted molar refractivity (Wildman–Crippen MR) is 73.5 cm³/mol. The second-order valence-corrected chi connectivity index (χ2v) is 6.52. The molecule has 0 aromatic heterocycles. The van der Waals surface area contributed by atoms with E-state index >= 15 is 0 Å². The van der Waals surface area contributed by atoms with Gasteiger partial charge in [-0.25, -0.2) is 0 Å². The first-order valence-corrected chi connectivity index (χ1v) is 7.89. The number of hydrogen-bond acceptors (Lipinski definition) is 3. The number of morpholine rings is 1. The Balaban J connectivity index is 1.81. The van der Waals surface area contributed by atoms with E-state index in [2.05, 4.69) is 11.8 Å². The van der Waals surface area contributed by atoms with Crippen LogP contribution < -0.4 is 5.73 Å². The molecule has 2 aliphatic heterocycles. The standard InChI is InChI=1S/C15H28N2O/c1-2-12-5-3-4-8-15(12,11-16)17-9-13-6-7-14(10-17)18-13/h12-14H,2-11,16H2,1H3. The Morgan fingerprint density at radius 2 is 1.89 bits per heavy atom. The summed E-state index contributed by atoms with van der Waals surface area (Å²) in [6.07, 6.45) is 10.2. The van der Waals surface area contributed by atoms with Crippen LogP contribution in [0.1, 0.15) is 51.9 Å². The molecular weight excluding hydrogens is 224 g/mol. The van der Waals surface area contributed by atoms with Crippen LogP contribution in [0.25, 0.3) is 0 Å². The average Bonchev–Trinajstić information content (AvgIpc) is 2.77. The van der Waals surface area contributed by atoms with Gasteiger partial charge < -0.3 is 10.5 Å². The summed E-state index contributed by atoms with van der Waals surface area (Å²) in [4.78, 5) is 2.73. The Hall–Kier alpha value is -0.120. The van der Waals surface area contributed by atoms with Gasteiger partial charge in [-0.2, -0.15) is 0 Å². The van der Waals surface area contributed by atoms with Crippen molar-refractivity contribution in [2.45, 2.75) is 69.6 Å². The van der Waals surface area contributed by atoms with Crippen LogP contribution in [0, 0.1) is 5.92 Å². The van der Waals surface area contributed by atoms with Crippen LogP contribution in [0.3, 0.4) is 0 Å². The Morgan fingerprint density at radius 1 is 1.17 bits per heavy atom. The van der Waals surface area contributed by atoms with Crippen molar-refractivity contribution in [3.8, 4) is 0 Å². The van der Waals surface area contributed by atoms with E-state index < -0.39 is 0 Å². The minimum Gasteiger partial charge on any atom is -0.372 e. The minimum atomic E-state index is 0.289. The molecule has 0 aromatic carbocycles. The highest BCUT2D eigenvalue weighted by Crippen LogP contribution is 2.42. The molecule has 1 aliphatic carbocycles. The largest absolute Gasteiger partial charge is 0.372 e. The lowest BCUT2D eigenvalue weighted by molar-refractivity contribution is -0.102. The van der Waals surface area contributed by atoms with E-state index in [-0.39, 0.29) is 5.54 Å². The van der Waals surface area contributed by atoms with Crippen molar-refractivity contribution in [3.63, 3.8) is 0 Å². The first-order chi connectivity index (χ1) is 8.78. The predicted octanol–water partition coefficient (Wildman–Crippen LogP) is 2.15. The molecule has 3 fully saturated rings. The van der Waals surface area contributed by atoms with Gasteiger partial charge in [-0.3, -0.25) is 4.90 Å². The highest BCUT2D eigenvalue weighted by atomic mass is 16.5. The fourth-order valence-electron chi connectivity index (χ4n) is 4.67. The molecule has 104 valence electrons. The second-order valence-electron chi connectivity index (χ2n) is 6.52. The third-order valence-electron chi connectivity index (χ3n) is 5.69. The molecule has 0 spiro atoms. The van der Waals surface area contributed by atoms with Gasteiger partial charge in [0.1, 0.15) is 0 Å². The van der Waals surface area contributed by atoms with Gasteiger partial charge in [-0.05, 0) is 31.6 Å². The molecule has 3 aliphatic rings. The molecule has 2 bridgehead atoms. The van der Waals surface area contributed by atoms with Crippen LogP contribution in [-0.2, 0) is 4.74 Å². The molecule has 4 unspecified atom stereocenters. The SMILES string of the molecule is CCC1CCCCC1(CN)N1CC2CCC(C1)O2. The lowest BCUT2D eigenvalue weighted by atomic mass is 9.70. The molecule has 4 atom stereocenters. The maximum absolute atomic E-state index is 6.26. The Labute approximate surface area is 111 Å². The molecule has 3 nitrogen and oxygen atoms in total. The molecule has 1 saturated carbocycles. The van der Waals surface area contributed by atoms with Crippen molar-refractivity contribution < 1.29 is 4.74 Å². The van der Waals surface area contributed by atoms with Gasteiger partial charge in [-0.15, -0.1) is 0 Å². The molecule has 3 rings (SSSR count). The molecule has 2 saturated heterocycles. The van der Waals surface area contributed by atoms with Crippen LogP contribution >= 0.6 is 0 Å². The maximum Gasteiger partial charge on any atom is 0.0707 e. The molecule has 0 radical (unpaired) electrons. The Morgan fingerprint density at radius 3 is 2.50 bits per heavy atom. The summed E-state index contributed by atoms with van der Waals surface area (Å²) in [5.74, 6) is 0.800. The van der Waals surface area contributed by atoms with Gasteiger partial charge in [0, 0.05) is 25.2 Å². The van der Waals surface area contributed by atoms with Crippen molar-refractivity contribution in [3.05, 3.63) is 0 Å². The summed E-state index contributed by atoms with van der Waals surface area (Å²) in [5.41, 5.74) is 6.55. The summed E-state index contributed by atoms with van der Waals surface area (Å²) in [6, 6.07) is 0. The average molecular weight is 252 g/mol. The normalized spacial score (nSPS) is 45.3. The lowest BCUT2D eigenvalue weighted by Crippen LogP contribution is -2.63. The van der Waals surface area contributed by atoms with Crippen LogP contribution in [0.5, 0.6) is 0 Å². The number of likely N-dealkylation sites (tertiary alicyclic amines) is 1. The van der Waals surface area contributed by atoms with Crippen LogP contribution in [0.15, 0.2) is 0 Å². The number of nitrogens with two attached hydrogens (primary N) is 1. The molecule has 18 heavy (non-hydrogen) atoms. The van der Waals surface area contributed by atoms with Gasteiger partial charge in [0.15, 0.2) is 0 Å². The summed E-state index contributed by atoms with van der Waals surface area (Å²) < 4.78 is 5.99. The third-order valence-corrected chi connectivity index (χ3v) is 5.69. The highest BCUT2D eigenvalue weighted by Gasteiger charge is 2.47. The van der Waals surface area contributed by atoms with E-state index in [4.69, 9.17) is 10.5 Å². The quantitative estimate of drug-likeness (QED) is 0.836. The van der Waals surface area contributed by atoms with Gasteiger partial charge in [0.25, 0.3) is 0 Å². The van der Waals surface area contributed by atoms with Crippen molar-refractivity contribution in [1.82, 2.24) is 4.90 Å². The maximum atomic E-state index is 6.26. The van der Waals surface area contributed by atoms with E-state index in [0.717, 1.165) is 25.6 Å². The molecule has 3 heteroatoms. The number of hydrogen-bond donors (Lipinski definition) is 1. The molecule has 2 heterocycles. The first-order valence-electron chi connectivity index (χ1n) is 7.89. The van der Waals surface area contributed by atoms with E-state index in [0.29, 0.717) is 12.2 Å². The molecule has 0 amide bonds. The number of ether oxygens (including phenoxy) is 1. The van der Waals surface area contributed by atoms with Crippen molar-refractivity contribution in [2.75, 3.05) is 19.6 Å². The van der Waals surface area contributed by atoms with Gasteiger partial charge in [0.05, 0.1) is 12.2 Å². The van der Waals surface area contributed by atoms with E-state index in [1.54, 1.807) is 0 Å².